The number of nitrogens with zero attached hydrogens (tertiary/aromatic N) is 4. The van der Waals surface area contributed by atoms with E-state index < -0.39 is 17.8 Å². The monoisotopic (exact) mass is 666 g/mol. The van der Waals surface area contributed by atoms with Crippen molar-refractivity contribution in [2.75, 3.05) is 31.1 Å². The van der Waals surface area contributed by atoms with Crippen molar-refractivity contribution in [1.82, 2.24) is 14.5 Å². The van der Waals surface area contributed by atoms with Crippen molar-refractivity contribution in [1.29, 1.82) is 0 Å². The minimum Gasteiger partial charge on any atom is -0.312 e. The van der Waals surface area contributed by atoms with Crippen LogP contribution in [-0.2, 0) is 29.6 Å². The number of hydrogen-bond acceptors (Lipinski definition) is 5. The van der Waals surface area contributed by atoms with Gasteiger partial charge in [0.05, 0.1) is 5.56 Å². The molecule has 1 unspecified atom stereocenters. The molecule has 248 valence electrons. The van der Waals surface area contributed by atoms with Crippen LogP contribution >= 0.6 is 11.8 Å². The van der Waals surface area contributed by atoms with Gasteiger partial charge in [0.25, 0.3) is 5.56 Å². The van der Waals surface area contributed by atoms with E-state index >= 15 is 0 Å². The molecule has 1 atom stereocenters. The van der Waals surface area contributed by atoms with Gasteiger partial charge in [-0.1, -0.05) is 62.0 Å². The first kappa shape index (κ1) is 34.4. The van der Waals surface area contributed by atoms with Crippen molar-refractivity contribution in [3.05, 3.63) is 111 Å². The third kappa shape index (κ3) is 7.96. The fourth-order valence-corrected chi connectivity index (χ4v) is 6.99. The second kappa shape index (κ2) is 14.9. The summed E-state index contributed by atoms with van der Waals surface area (Å²) >= 11 is 1.35. The highest BCUT2D eigenvalue weighted by atomic mass is 32.2. The topological polar surface area (TPSA) is 58.4 Å². The van der Waals surface area contributed by atoms with Crippen LogP contribution in [0, 0.1) is 5.82 Å². The largest absolute Gasteiger partial charge is 0.416 e. The number of amides is 1. The molecule has 1 aliphatic carbocycles. The number of benzene rings is 3. The van der Waals surface area contributed by atoms with Gasteiger partial charge in [-0.3, -0.25) is 9.59 Å². The Morgan fingerprint density at radius 1 is 0.915 bits per heavy atom. The Hall–Kier alpha value is -3.96. The number of thioether (sulfide) groups is 1. The number of hydrogen-bond donors (Lipinski definition) is 0. The summed E-state index contributed by atoms with van der Waals surface area (Å²) in [5, 5.41) is 0.446. The predicted octanol–water partition coefficient (Wildman–Crippen LogP) is 7.79. The highest BCUT2D eigenvalue weighted by Crippen LogP contribution is 2.33. The average Bonchev–Trinajstić information content (AvgIpc) is 3.57. The molecule has 0 bridgehead atoms. The van der Waals surface area contributed by atoms with Gasteiger partial charge in [0.2, 0.25) is 5.91 Å². The maximum Gasteiger partial charge on any atom is 0.416 e. The molecule has 0 saturated heterocycles. The number of carbonyl (C=O) groups excluding carboxylic acids is 1. The molecule has 4 aromatic rings. The Labute approximate surface area is 276 Å². The number of carbonyl (C=O) groups is 1. The van der Waals surface area contributed by atoms with Crippen molar-refractivity contribution >= 4 is 23.4 Å². The van der Waals surface area contributed by atoms with Crippen molar-refractivity contribution in [2.24, 2.45) is 0 Å². The van der Waals surface area contributed by atoms with Gasteiger partial charge < -0.3 is 14.4 Å². The highest BCUT2D eigenvalue weighted by molar-refractivity contribution is 7.98. The molecule has 1 amide bonds. The fraction of sp³-hybridized carbons (Fsp3) is 0.361. The molecule has 3 aromatic carbocycles. The fourth-order valence-electron chi connectivity index (χ4n) is 5.95. The van der Waals surface area contributed by atoms with Crippen LogP contribution in [0.15, 0.2) is 82.7 Å². The Kier molecular flexibility index (Phi) is 10.9. The standard InChI is InChI=1S/C36H38F4N4O2S/c1-4-42(5-2)21-22-43(30-19-13-27(14-20-30)26-11-15-28(16-12-26)36(38,39)40)34(46)24(3)44-32-8-6-7-31(32)33(45)41-35(44)47-23-25-9-17-29(37)18-10-25/h9-20,24H,4-8,21-23H2,1-3H3. The van der Waals surface area contributed by atoms with Gasteiger partial charge in [-0.15, -0.1) is 0 Å². The molecule has 0 radical (unpaired) electrons. The lowest BCUT2D eigenvalue weighted by atomic mass is 10.0. The molecule has 1 aromatic heterocycles. The lowest BCUT2D eigenvalue weighted by Gasteiger charge is -2.31. The molecule has 0 N–H and O–H groups in total. The number of halogens is 4. The number of likely N-dealkylation sites (N-methyl/N-ethyl adjacent to an activating group) is 1. The molecule has 1 heterocycles. The maximum absolute atomic E-state index is 14.5. The summed E-state index contributed by atoms with van der Waals surface area (Å²) < 4.78 is 54.7. The third-order valence-corrected chi connectivity index (χ3v) is 9.72. The van der Waals surface area contributed by atoms with Crippen LogP contribution in [-0.4, -0.2) is 46.5 Å². The highest BCUT2D eigenvalue weighted by Gasteiger charge is 2.31. The number of anilines is 1. The molecule has 0 spiro atoms. The Morgan fingerprint density at radius 2 is 1.53 bits per heavy atom. The van der Waals surface area contributed by atoms with Crippen molar-refractivity contribution in [3.8, 4) is 11.1 Å². The zero-order valence-electron chi connectivity index (χ0n) is 26.7. The van der Waals surface area contributed by atoms with E-state index in [1.807, 2.05) is 35.8 Å². The smallest absolute Gasteiger partial charge is 0.312 e. The first-order chi connectivity index (χ1) is 22.5. The van der Waals surface area contributed by atoms with Gasteiger partial charge in [-0.05, 0) is 92.4 Å². The van der Waals surface area contributed by atoms with Crippen LogP contribution in [0.5, 0.6) is 0 Å². The van der Waals surface area contributed by atoms with Crippen LogP contribution in [0.4, 0.5) is 23.2 Å². The van der Waals surface area contributed by atoms with Gasteiger partial charge in [-0.25, -0.2) is 4.39 Å². The Balaban J connectivity index is 1.47. The van der Waals surface area contributed by atoms with Crippen molar-refractivity contribution < 1.29 is 22.4 Å². The van der Waals surface area contributed by atoms with E-state index in [1.165, 1.54) is 36.0 Å². The maximum atomic E-state index is 14.5. The van der Waals surface area contributed by atoms with Gasteiger partial charge in [0.15, 0.2) is 5.16 Å². The molecule has 5 rings (SSSR count). The summed E-state index contributed by atoms with van der Waals surface area (Å²) in [6.07, 6.45) is -2.33. The van der Waals surface area contributed by atoms with Crippen LogP contribution in [0.2, 0.25) is 0 Å². The molecule has 1 aliphatic rings. The van der Waals surface area contributed by atoms with Gasteiger partial charge in [0, 0.05) is 35.8 Å². The van der Waals surface area contributed by atoms with Gasteiger partial charge in [0.1, 0.15) is 11.9 Å². The van der Waals surface area contributed by atoms with Crippen LogP contribution in [0.1, 0.15) is 55.6 Å². The van der Waals surface area contributed by atoms with E-state index in [0.29, 0.717) is 53.7 Å². The molecular formula is C36H38F4N4O2S. The molecule has 0 saturated carbocycles. The van der Waals surface area contributed by atoms with E-state index in [9.17, 15) is 27.2 Å². The van der Waals surface area contributed by atoms with Crippen LogP contribution in [0.25, 0.3) is 11.1 Å². The van der Waals surface area contributed by atoms with Crippen molar-refractivity contribution in [3.63, 3.8) is 0 Å². The van der Waals surface area contributed by atoms with Gasteiger partial charge >= 0.3 is 6.18 Å². The first-order valence-electron chi connectivity index (χ1n) is 15.8. The summed E-state index contributed by atoms with van der Waals surface area (Å²) in [6.45, 7) is 8.66. The normalized spacial score (nSPS) is 13.5. The van der Waals surface area contributed by atoms with E-state index in [0.717, 1.165) is 48.5 Å². The zero-order chi connectivity index (χ0) is 33.7. The number of alkyl halides is 3. The SMILES string of the molecule is CCN(CC)CCN(C(=O)C(C)n1c(SCc2ccc(F)cc2)nc(=O)c2c1CCC2)c1ccc(-c2ccc(C(F)(F)F)cc2)cc1. The summed E-state index contributed by atoms with van der Waals surface area (Å²) in [4.78, 5) is 35.9. The van der Waals surface area contributed by atoms with E-state index in [2.05, 4.69) is 23.7 Å². The molecule has 11 heteroatoms. The quantitative estimate of drug-likeness (QED) is 0.0878. The molecule has 0 aliphatic heterocycles. The van der Waals surface area contributed by atoms with Crippen molar-refractivity contribution in [2.45, 2.75) is 63.2 Å². The summed E-state index contributed by atoms with van der Waals surface area (Å²) in [7, 11) is 0. The summed E-state index contributed by atoms with van der Waals surface area (Å²) in [5.41, 5.74) is 3.39. The second-order valence-electron chi connectivity index (χ2n) is 11.6. The molecule has 47 heavy (non-hydrogen) atoms. The lowest BCUT2D eigenvalue weighted by Crippen LogP contribution is -2.42. The minimum absolute atomic E-state index is 0.164. The molecular weight excluding hydrogens is 628 g/mol. The lowest BCUT2D eigenvalue weighted by molar-refractivity contribution is -0.137. The minimum atomic E-state index is -4.41. The third-order valence-electron chi connectivity index (χ3n) is 8.69. The predicted molar refractivity (Wildman–Crippen MR) is 178 cm³/mol. The van der Waals surface area contributed by atoms with E-state index in [4.69, 9.17) is 0 Å². The summed E-state index contributed by atoms with van der Waals surface area (Å²) in [6, 6.07) is 17.7. The van der Waals surface area contributed by atoms with Gasteiger partial charge in [-0.2, -0.15) is 18.2 Å². The first-order valence-corrected chi connectivity index (χ1v) is 16.8. The van der Waals surface area contributed by atoms with Crippen LogP contribution in [0.3, 0.4) is 0 Å². The number of rotatable bonds is 12. The number of fused-ring (bicyclic) bond motifs is 1. The van der Waals surface area contributed by atoms with E-state index in [1.54, 1.807) is 17.0 Å². The molecule has 6 nitrogen and oxygen atoms in total. The second-order valence-corrected chi connectivity index (χ2v) is 12.5. The zero-order valence-corrected chi connectivity index (χ0v) is 27.5. The Bertz CT molecular complexity index is 1740. The Morgan fingerprint density at radius 3 is 2.13 bits per heavy atom. The summed E-state index contributed by atoms with van der Waals surface area (Å²) in [5.74, 6) is -0.0471. The average molecular weight is 667 g/mol. The molecule has 0 fully saturated rings. The number of aromatic nitrogens is 2. The van der Waals surface area contributed by atoms with E-state index in [-0.39, 0.29) is 17.3 Å². The van der Waals surface area contributed by atoms with Crippen LogP contribution < -0.4 is 10.5 Å².